The van der Waals surface area contributed by atoms with Crippen molar-refractivity contribution in [2.24, 2.45) is 0 Å². The van der Waals surface area contributed by atoms with Gasteiger partial charge in [0, 0.05) is 27.8 Å². The number of sulfone groups is 1. The van der Waals surface area contributed by atoms with Crippen LogP contribution in [0, 0.1) is 11.9 Å². The number of halogens is 4. The Morgan fingerprint density at radius 2 is 1.78 bits per heavy atom. The molecule has 1 aromatic carbocycles. The lowest BCUT2D eigenvalue weighted by atomic mass is 10.0. The van der Waals surface area contributed by atoms with Crippen LogP contribution in [-0.4, -0.2) is 28.0 Å². The van der Waals surface area contributed by atoms with Crippen molar-refractivity contribution in [3.63, 3.8) is 0 Å². The smallest absolute Gasteiger partial charge is 0.501 e. The van der Waals surface area contributed by atoms with E-state index in [0.717, 1.165) is 17.4 Å². The van der Waals surface area contributed by atoms with Crippen LogP contribution >= 0.6 is 11.3 Å². The Kier molecular flexibility index (Phi) is 6.01. The van der Waals surface area contributed by atoms with Gasteiger partial charge in [-0.2, -0.15) is 13.2 Å². The largest absolute Gasteiger partial charge is 0.542 e. The molecule has 0 fully saturated rings. The number of allylic oxidation sites excluding steroid dienone is 1. The predicted molar refractivity (Wildman–Crippen MR) is 118 cm³/mol. The van der Waals surface area contributed by atoms with E-state index in [9.17, 15) is 30.8 Å². The standard InChI is InChI=1S/C21H21F4O4S2Si/c1-20(2,3)32(4,5)29-17-8-12(6-7-15(17)22)18-11-14-16(26)9-13(10-19(14)30-18)31(27,28)21(23,24)25/h6-8,10H,9H2,1-5H3. The number of hydrogen-bond donors (Lipinski definition) is 0. The Bertz CT molecular complexity index is 1220. The number of alkyl halides is 3. The summed E-state index contributed by atoms with van der Waals surface area (Å²) in [4.78, 5) is 11.8. The van der Waals surface area contributed by atoms with Gasteiger partial charge in [0.2, 0.25) is 0 Å². The summed E-state index contributed by atoms with van der Waals surface area (Å²) in [6.07, 6.45) is -0.0224. The summed E-state index contributed by atoms with van der Waals surface area (Å²) in [6.45, 7) is 9.94. The van der Waals surface area contributed by atoms with Gasteiger partial charge in [0.15, 0.2) is 11.6 Å². The monoisotopic (exact) mass is 505 g/mol. The summed E-state index contributed by atoms with van der Waals surface area (Å²) in [5.74, 6) is -1.29. The number of Topliss-reactive ketones (excluding diaryl/α,β-unsaturated/α-hetero) is 1. The molecule has 0 atom stereocenters. The number of ketones is 1. The number of benzene rings is 1. The van der Waals surface area contributed by atoms with E-state index in [0.29, 0.717) is 10.4 Å². The van der Waals surface area contributed by atoms with Crippen molar-refractivity contribution in [1.29, 1.82) is 0 Å². The molecular weight excluding hydrogens is 484 g/mol. The van der Waals surface area contributed by atoms with Gasteiger partial charge in [-0.1, -0.05) is 26.8 Å². The fourth-order valence-electron chi connectivity index (χ4n) is 2.72. The second-order valence-corrected chi connectivity index (χ2v) is 16.7. The molecular formula is C21H21F4O4S2Si. The third-order valence-electron chi connectivity index (χ3n) is 5.62. The van der Waals surface area contributed by atoms with Crippen LogP contribution in [0.25, 0.3) is 16.5 Å². The molecule has 2 aromatic rings. The van der Waals surface area contributed by atoms with Gasteiger partial charge in [-0.25, -0.2) is 12.8 Å². The van der Waals surface area contributed by atoms with Crippen LogP contribution < -0.4 is 4.43 Å². The van der Waals surface area contributed by atoms with Crippen LogP contribution in [0.2, 0.25) is 18.1 Å². The average Bonchev–Trinajstić information content (AvgIpc) is 3.06. The molecule has 0 N–H and O–H groups in total. The third kappa shape index (κ3) is 4.42. The zero-order chi connectivity index (χ0) is 24.3. The highest BCUT2D eigenvalue weighted by Crippen LogP contribution is 2.42. The van der Waals surface area contributed by atoms with Crippen molar-refractivity contribution in [3.05, 3.63) is 45.4 Å². The van der Waals surface area contributed by atoms with Crippen LogP contribution in [0.3, 0.4) is 0 Å². The topological polar surface area (TPSA) is 60.4 Å². The van der Waals surface area contributed by atoms with Gasteiger partial charge >= 0.3 is 5.51 Å². The van der Waals surface area contributed by atoms with E-state index in [1.807, 2.05) is 33.9 Å². The molecule has 0 aliphatic heterocycles. The van der Waals surface area contributed by atoms with Crippen molar-refractivity contribution in [2.75, 3.05) is 0 Å². The second-order valence-electron chi connectivity index (χ2n) is 8.96. The molecule has 4 nitrogen and oxygen atoms in total. The van der Waals surface area contributed by atoms with Crippen molar-refractivity contribution in [1.82, 2.24) is 0 Å². The lowest BCUT2D eigenvalue weighted by molar-refractivity contribution is -0.0426. The van der Waals surface area contributed by atoms with Crippen molar-refractivity contribution < 1.29 is 35.2 Å². The number of hydrogen-bond acceptors (Lipinski definition) is 5. The number of rotatable bonds is 4. The van der Waals surface area contributed by atoms with Crippen molar-refractivity contribution in [2.45, 2.75) is 50.8 Å². The van der Waals surface area contributed by atoms with E-state index in [1.165, 1.54) is 18.2 Å². The van der Waals surface area contributed by atoms with Crippen molar-refractivity contribution >= 4 is 41.4 Å². The molecule has 11 heteroatoms. The van der Waals surface area contributed by atoms with Crippen LogP contribution in [-0.2, 0) is 9.84 Å². The van der Waals surface area contributed by atoms with Gasteiger partial charge in [-0.15, -0.1) is 11.3 Å². The summed E-state index contributed by atoms with van der Waals surface area (Å²) < 4.78 is 82.7. The minimum Gasteiger partial charge on any atom is -0.542 e. The second kappa shape index (κ2) is 7.81. The van der Waals surface area contributed by atoms with E-state index < -0.39 is 46.6 Å². The first-order valence-corrected chi connectivity index (χ1v) is 14.7. The number of carbonyl (C=O) groups is 1. The van der Waals surface area contributed by atoms with Gasteiger partial charge in [0.05, 0.1) is 4.91 Å². The minimum atomic E-state index is -5.61. The summed E-state index contributed by atoms with van der Waals surface area (Å²) in [5, 5.41) is -0.179. The van der Waals surface area contributed by atoms with E-state index in [1.54, 1.807) is 0 Å². The molecule has 0 unspecified atom stereocenters. The lowest BCUT2D eigenvalue weighted by Crippen LogP contribution is -2.44. The molecule has 0 amide bonds. The summed E-state index contributed by atoms with van der Waals surface area (Å²) >= 11 is 0.910. The normalized spacial score (nSPS) is 15.4. The first-order chi connectivity index (χ1) is 14.4. The van der Waals surface area contributed by atoms with Gasteiger partial charge in [0.25, 0.3) is 18.2 Å². The van der Waals surface area contributed by atoms with Crippen LogP contribution in [0.5, 0.6) is 5.75 Å². The molecule has 1 aliphatic carbocycles. The van der Waals surface area contributed by atoms with E-state index in [2.05, 4.69) is 6.07 Å². The number of carbonyl (C=O) groups excluding carboxylic acids is 1. The Hall–Kier alpha value is -1.98. The predicted octanol–water partition coefficient (Wildman–Crippen LogP) is 6.60. The molecule has 0 spiro atoms. The number of fused-ring (bicyclic) bond motifs is 1. The fourth-order valence-corrected chi connectivity index (χ4v) is 5.78. The van der Waals surface area contributed by atoms with Gasteiger partial charge < -0.3 is 4.43 Å². The maximum absolute atomic E-state index is 14.4. The quantitative estimate of drug-likeness (QED) is 0.347. The molecule has 0 saturated heterocycles. The molecule has 0 saturated carbocycles. The Morgan fingerprint density at radius 3 is 2.34 bits per heavy atom. The number of thiophene rings is 1. The first kappa shape index (κ1) is 24.7. The molecule has 1 aliphatic rings. The zero-order valence-electron chi connectivity index (χ0n) is 18.0. The lowest BCUT2D eigenvalue weighted by Gasteiger charge is -2.36. The summed E-state index contributed by atoms with van der Waals surface area (Å²) in [7, 11) is -7.96. The van der Waals surface area contributed by atoms with E-state index >= 15 is 0 Å². The highest BCUT2D eigenvalue weighted by molar-refractivity contribution is 7.96. The minimum absolute atomic E-state index is 0.0160. The zero-order valence-corrected chi connectivity index (χ0v) is 20.6. The van der Waals surface area contributed by atoms with Gasteiger partial charge in [-0.3, -0.25) is 4.79 Å². The van der Waals surface area contributed by atoms with E-state index in [4.69, 9.17) is 4.43 Å². The van der Waals surface area contributed by atoms with E-state index in [-0.39, 0.29) is 21.2 Å². The molecule has 173 valence electrons. The average molecular weight is 506 g/mol. The Balaban J connectivity index is 2.03. The van der Waals surface area contributed by atoms with Crippen LogP contribution in [0.4, 0.5) is 17.6 Å². The van der Waals surface area contributed by atoms with Gasteiger partial charge in [-0.05, 0) is 41.9 Å². The SMILES string of the molecule is CC(C)(C)[Si](C)(C)Oc1cc(-c2[c]c3c(s2)C=C(S(=O)(=O)C(F)(F)F)CC3=O)ccc1F. The Morgan fingerprint density at radius 1 is 1.16 bits per heavy atom. The summed E-state index contributed by atoms with van der Waals surface area (Å²) in [5.41, 5.74) is -5.02. The summed E-state index contributed by atoms with van der Waals surface area (Å²) in [6, 6.07) is 6.95. The Labute approximate surface area is 189 Å². The highest BCUT2D eigenvalue weighted by Gasteiger charge is 2.49. The molecule has 1 aromatic heterocycles. The maximum atomic E-state index is 14.4. The molecule has 0 bridgehead atoms. The first-order valence-electron chi connectivity index (χ1n) is 9.54. The maximum Gasteiger partial charge on any atom is 0.501 e. The van der Waals surface area contributed by atoms with Gasteiger partial charge in [0.1, 0.15) is 5.75 Å². The molecule has 3 rings (SSSR count). The third-order valence-corrected chi connectivity index (χ3v) is 12.6. The highest BCUT2D eigenvalue weighted by atomic mass is 32.2. The molecule has 1 radical (unpaired) electrons. The molecule has 32 heavy (non-hydrogen) atoms. The van der Waals surface area contributed by atoms with Crippen LogP contribution in [0.1, 0.15) is 42.4 Å². The van der Waals surface area contributed by atoms with Crippen LogP contribution in [0.15, 0.2) is 23.1 Å². The molecule has 1 heterocycles. The van der Waals surface area contributed by atoms with Crippen molar-refractivity contribution in [3.8, 4) is 16.2 Å². The fraction of sp³-hybridized carbons (Fsp3) is 0.381.